The summed E-state index contributed by atoms with van der Waals surface area (Å²) in [4.78, 5) is 10.3. The van der Waals surface area contributed by atoms with Crippen molar-refractivity contribution in [1.82, 2.24) is 9.97 Å². The highest BCUT2D eigenvalue weighted by atomic mass is 16.5. The van der Waals surface area contributed by atoms with Gasteiger partial charge in [-0.3, -0.25) is 0 Å². The van der Waals surface area contributed by atoms with Crippen molar-refractivity contribution in [2.24, 2.45) is 5.92 Å². The van der Waals surface area contributed by atoms with Crippen LogP contribution in [0.2, 0.25) is 0 Å². The van der Waals surface area contributed by atoms with Crippen molar-refractivity contribution in [3.05, 3.63) is 246 Å². The largest absolute Gasteiger partial charge is 0.459 e. The summed E-state index contributed by atoms with van der Waals surface area (Å²) >= 11 is 0. The van der Waals surface area contributed by atoms with Crippen LogP contribution in [0.15, 0.2) is 218 Å². The van der Waals surface area contributed by atoms with Crippen LogP contribution < -0.4 is 15.2 Å². The summed E-state index contributed by atoms with van der Waals surface area (Å²) in [5.74, 6) is 2.57. The van der Waals surface area contributed by atoms with Crippen LogP contribution in [-0.2, 0) is 5.41 Å². The SMILES string of the molecule is C1=CC2C(=c3ccccc3=C1)Oc1c(ccc3ccccc13)C21c2ccccc2-c2cc(-c3ccc(-c4nc(-c5ccc(-c6ccccc6)cc5)nc5ccccc45)cc3)ccc21. The summed E-state index contributed by atoms with van der Waals surface area (Å²) in [6.07, 6.45) is 6.83. The van der Waals surface area contributed by atoms with E-state index in [4.69, 9.17) is 14.7 Å². The van der Waals surface area contributed by atoms with Crippen molar-refractivity contribution in [2.75, 3.05) is 0 Å². The Hall–Kier alpha value is -8.14. The number of nitrogens with zero attached hydrogens (tertiary/aromatic N) is 2. The highest BCUT2D eigenvalue weighted by molar-refractivity contribution is 5.97. The van der Waals surface area contributed by atoms with Gasteiger partial charge in [-0.05, 0) is 67.2 Å². The third-order valence-corrected chi connectivity index (χ3v) is 13.5. The highest BCUT2D eigenvalue weighted by Gasteiger charge is 2.55. The molecule has 294 valence electrons. The van der Waals surface area contributed by atoms with Crippen LogP contribution in [0.4, 0.5) is 0 Å². The van der Waals surface area contributed by atoms with Gasteiger partial charge in [0.2, 0.25) is 0 Å². The van der Waals surface area contributed by atoms with Crippen molar-refractivity contribution >= 4 is 33.5 Å². The molecule has 1 aliphatic heterocycles. The number of rotatable bonds is 4. The molecule has 0 fully saturated rings. The van der Waals surface area contributed by atoms with E-state index in [1.807, 2.05) is 12.1 Å². The second kappa shape index (κ2) is 14.0. The van der Waals surface area contributed by atoms with E-state index in [0.717, 1.165) is 55.4 Å². The Morgan fingerprint density at radius 3 is 1.95 bits per heavy atom. The molecule has 0 bridgehead atoms. The highest BCUT2D eigenvalue weighted by Crippen LogP contribution is 2.63. The van der Waals surface area contributed by atoms with Gasteiger partial charge in [0.25, 0.3) is 0 Å². The molecule has 0 saturated heterocycles. The van der Waals surface area contributed by atoms with Crippen LogP contribution in [0.3, 0.4) is 0 Å². The molecule has 3 heteroatoms. The van der Waals surface area contributed by atoms with Crippen LogP contribution in [0.1, 0.15) is 16.7 Å². The molecule has 10 aromatic rings. The second-order valence-corrected chi connectivity index (χ2v) is 16.8. The standard InChI is InChI=1S/C60H38N2O/c1-2-13-38(14-3-1)39-27-31-44(32-28-39)59-61-55-24-11-9-21-49(55)56(62-59)43-29-25-40(26-30-43)45-34-35-52-50(37-45)48-20-8-10-22-51(48)60(52)53-23-12-17-41-15-4-6-18-46(41)57(53)63-58-47-19-7-5-16-42(47)33-36-54(58)60/h1-37,53H. The monoisotopic (exact) mass is 802 g/mol. The van der Waals surface area contributed by atoms with Gasteiger partial charge in [-0.15, -0.1) is 0 Å². The Morgan fingerprint density at radius 1 is 0.444 bits per heavy atom. The van der Waals surface area contributed by atoms with E-state index in [1.54, 1.807) is 0 Å². The van der Waals surface area contributed by atoms with E-state index in [1.165, 1.54) is 55.1 Å². The Kier molecular flexibility index (Phi) is 7.88. The predicted molar refractivity (Wildman–Crippen MR) is 257 cm³/mol. The number of aromatic nitrogens is 2. The molecule has 0 saturated carbocycles. The molecule has 9 aromatic carbocycles. The van der Waals surface area contributed by atoms with Gasteiger partial charge in [-0.2, -0.15) is 0 Å². The zero-order valence-corrected chi connectivity index (χ0v) is 34.2. The maximum Gasteiger partial charge on any atom is 0.160 e. The summed E-state index contributed by atoms with van der Waals surface area (Å²) in [6, 6.07) is 74.2. The van der Waals surface area contributed by atoms with Crippen molar-refractivity contribution in [3.8, 4) is 61.8 Å². The summed E-state index contributed by atoms with van der Waals surface area (Å²) in [5.41, 5.74) is 14.4. The second-order valence-electron chi connectivity index (χ2n) is 16.8. The maximum atomic E-state index is 7.23. The van der Waals surface area contributed by atoms with Gasteiger partial charge in [0, 0.05) is 32.7 Å². The molecule has 0 amide bonds. The fourth-order valence-electron chi connectivity index (χ4n) is 10.6. The molecule has 2 atom stereocenters. The average Bonchev–Trinajstić information content (AvgIpc) is 3.50. The molecule has 2 unspecified atom stereocenters. The minimum absolute atomic E-state index is 0.0760. The quantitative estimate of drug-likeness (QED) is 0.178. The van der Waals surface area contributed by atoms with Gasteiger partial charge < -0.3 is 4.74 Å². The fourth-order valence-corrected chi connectivity index (χ4v) is 10.6. The molecule has 2 aliphatic carbocycles. The third-order valence-electron chi connectivity index (χ3n) is 13.5. The van der Waals surface area contributed by atoms with E-state index in [-0.39, 0.29) is 5.92 Å². The molecular weight excluding hydrogens is 765 g/mol. The first kappa shape index (κ1) is 35.6. The number of ether oxygens (including phenoxy) is 1. The third kappa shape index (κ3) is 5.39. The summed E-state index contributed by atoms with van der Waals surface area (Å²) in [5, 5.41) is 5.63. The van der Waals surface area contributed by atoms with E-state index < -0.39 is 5.41 Å². The molecule has 0 radical (unpaired) electrons. The first-order valence-corrected chi connectivity index (χ1v) is 21.7. The van der Waals surface area contributed by atoms with Gasteiger partial charge in [0.1, 0.15) is 11.5 Å². The molecule has 13 rings (SSSR count). The number of fused-ring (bicyclic) bond motifs is 13. The smallest absolute Gasteiger partial charge is 0.160 e. The van der Waals surface area contributed by atoms with Gasteiger partial charge in [0.15, 0.2) is 5.82 Å². The lowest BCUT2D eigenvalue weighted by atomic mass is 9.61. The van der Waals surface area contributed by atoms with Crippen molar-refractivity contribution in [3.63, 3.8) is 0 Å². The van der Waals surface area contributed by atoms with Gasteiger partial charge in [-0.25, -0.2) is 9.97 Å². The van der Waals surface area contributed by atoms with Crippen molar-refractivity contribution in [1.29, 1.82) is 0 Å². The average molecular weight is 803 g/mol. The number of hydrogen-bond donors (Lipinski definition) is 0. The zero-order chi connectivity index (χ0) is 41.5. The fraction of sp³-hybridized carbons (Fsp3) is 0.0333. The topological polar surface area (TPSA) is 35.0 Å². The first-order valence-electron chi connectivity index (χ1n) is 21.7. The minimum atomic E-state index is -0.517. The molecule has 0 N–H and O–H groups in total. The number of allylic oxidation sites excluding steroid dienone is 1. The summed E-state index contributed by atoms with van der Waals surface area (Å²) < 4.78 is 7.23. The molecule has 1 aromatic heterocycles. The van der Waals surface area contributed by atoms with Crippen molar-refractivity contribution in [2.45, 2.75) is 5.41 Å². The van der Waals surface area contributed by atoms with Crippen LogP contribution in [0.5, 0.6) is 5.75 Å². The summed E-state index contributed by atoms with van der Waals surface area (Å²) in [6.45, 7) is 0. The Morgan fingerprint density at radius 2 is 1.08 bits per heavy atom. The first-order chi connectivity index (χ1) is 31.2. The molecule has 1 spiro atoms. The molecule has 3 nitrogen and oxygen atoms in total. The Labute approximate surface area is 365 Å². The molecular formula is C60H38N2O. The van der Waals surface area contributed by atoms with E-state index in [2.05, 4.69) is 212 Å². The lowest BCUT2D eigenvalue weighted by Crippen LogP contribution is -2.44. The van der Waals surface area contributed by atoms with Crippen LogP contribution >= 0.6 is 0 Å². The zero-order valence-electron chi connectivity index (χ0n) is 34.2. The minimum Gasteiger partial charge on any atom is -0.459 e. The Balaban J connectivity index is 0.942. The predicted octanol–water partition coefficient (Wildman–Crippen LogP) is 12.9. The van der Waals surface area contributed by atoms with Gasteiger partial charge in [-0.1, -0.05) is 212 Å². The van der Waals surface area contributed by atoms with Gasteiger partial charge >= 0.3 is 0 Å². The number of benzene rings is 9. The van der Waals surface area contributed by atoms with Crippen LogP contribution in [0, 0.1) is 5.92 Å². The molecule has 63 heavy (non-hydrogen) atoms. The van der Waals surface area contributed by atoms with E-state index >= 15 is 0 Å². The van der Waals surface area contributed by atoms with E-state index in [9.17, 15) is 0 Å². The van der Waals surface area contributed by atoms with Crippen LogP contribution in [-0.4, -0.2) is 9.97 Å². The lowest BCUT2D eigenvalue weighted by Gasteiger charge is -2.44. The van der Waals surface area contributed by atoms with Gasteiger partial charge in [0.05, 0.1) is 22.5 Å². The molecule has 2 heterocycles. The maximum absolute atomic E-state index is 7.23. The number of para-hydroxylation sites is 1. The van der Waals surface area contributed by atoms with E-state index in [0.29, 0.717) is 5.82 Å². The Bertz CT molecular complexity index is 3650. The summed E-state index contributed by atoms with van der Waals surface area (Å²) in [7, 11) is 0. The number of hydrogen-bond acceptors (Lipinski definition) is 3. The van der Waals surface area contributed by atoms with Crippen molar-refractivity contribution < 1.29 is 4.74 Å². The van der Waals surface area contributed by atoms with Crippen LogP contribution in [0.25, 0.3) is 89.5 Å². The lowest BCUT2D eigenvalue weighted by molar-refractivity contribution is 0.364. The normalized spacial score (nSPS) is 16.6. The molecule has 3 aliphatic rings.